The highest BCUT2D eigenvalue weighted by molar-refractivity contribution is 6.33. The van der Waals surface area contributed by atoms with Crippen molar-refractivity contribution in [1.29, 1.82) is 0 Å². The third kappa shape index (κ3) is 2.98. The number of ether oxygens (including phenoxy) is 1. The molecule has 0 saturated carbocycles. The highest BCUT2D eigenvalue weighted by Gasteiger charge is 2.25. The van der Waals surface area contributed by atoms with Gasteiger partial charge in [0, 0.05) is 5.56 Å². The highest BCUT2D eigenvalue weighted by Crippen LogP contribution is 2.32. The lowest BCUT2D eigenvalue weighted by molar-refractivity contribution is -0.385. The third-order valence-electron chi connectivity index (χ3n) is 2.41. The van der Waals surface area contributed by atoms with Gasteiger partial charge in [0.2, 0.25) is 0 Å². The summed E-state index contributed by atoms with van der Waals surface area (Å²) in [5, 5.41) is 11.1. The summed E-state index contributed by atoms with van der Waals surface area (Å²) >= 11 is 5.82. The fraction of sp³-hybridized carbons (Fsp3) is 0.417. The van der Waals surface area contributed by atoms with Crippen molar-refractivity contribution in [3.63, 3.8) is 0 Å². The number of benzene rings is 1. The molecule has 1 aromatic carbocycles. The molecule has 18 heavy (non-hydrogen) atoms. The van der Waals surface area contributed by atoms with Gasteiger partial charge in [0.15, 0.2) is 0 Å². The van der Waals surface area contributed by atoms with E-state index in [1.165, 1.54) is 12.1 Å². The van der Waals surface area contributed by atoms with E-state index in [4.69, 9.17) is 16.3 Å². The molecule has 0 bridgehead atoms. The van der Waals surface area contributed by atoms with E-state index in [1.807, 2.05) is 6.92 Å². The number of nitro benzene ring substituents is 1. The Morgan fingerprint density at radius 1 is 1.44 bits per heavy atom. The number of halogens is 1. The van der Waals surface area contributed by atoms with Gasteiger partial charge in [-0.3, -0.25) is 10.1 Å². The number of nitrogens with zero attached hydrogens (tertiary/aromatic N) is 1. The van der Waals surface area contributed by atoms with Gasteiger partial charge in [0.05, 0.1) is 17.1 Å². The lowest BCUT2D eigenvalue weighted by Gasteiger charge is -2.09. The van der Waals surface area contributed by atoms with Gasteiger partial charge in [0.25, 0.3) is 5.69 Å². The topological polar surface area (TPSA) is 69.4 Å². The van der Waals surface area contributed by atoms with Gasteiger partial charge < -0.3 is 4.74 Å². The van der Waals surface area contributed by atoms with Gasteiger partial charge in [0.1, 0.15) is 5.02 Å². The van der Waals surface area contributed by atoms with Crippen LogP contribution >= 0.6 is 11.6 Å². The Bertz CT molecular complexity index is 473. The molecule has 0 aromatic heterocycles. The highest BCUT2D eigenvalue weighted by atomic mass is 35.5. The summed E-state index contributed by atoms with van der Waals surface area (Å²) in [5.74, 6) is -0.555. The molecule has 0 saturated heterocycles. The third-order valence-corrected chi connectivity index (χ3v) is 2.72. The van der Waals surface area contributed by atoms with E-state index in [1.54, 1.807) is 6.92 Å². The maximum Gasteiger partial charge on any atom is 0.338 e. The number of hydrogen-bond acceptors (Lipinski definition) is 4. The summed E-state index contributed by atoms with van der Waals surface area (Å²) < 4.78 is 4.88. The number of rotatable bonds is 5. The Hall–Kier alpha value is -1.62. The van der Waals surface area contributed by atoms with Crippen LogP contribution in [0, 0.1) is 10.1 Å². The molecule has 0 spiro atoms. The first kappa shape index (κ1) is 14.4. The second-order valence-electron chi connectivity index (χ2n) is 3.65. The van der Waals surface area contributed by atoms with Gasteiger partial charge in [-0.05, 0) is 25.5 Å². The predicted octanol–water partition coefficient (Wildman–Crippen LogP) is 3.38. The van der Waals surface area contributed by atoms with Gasteiger partial charge >= 0.3 is 5.97 Å². The molecular weight excluding hydrogens is 258 g/mol. The molecule has 6 heteroatoms. The number of carbonyl (C=O) groups is 1. The molecule has 0 aliphatic carbocycles. The normalized spacial score (nSPS) is 10.2. The molecule has 0 radical (unpaired) electrons. The number of nitro groups is 1. The van der Waals surface area contributed by atoms with E-state index < -0.39 is 10.9 Å². The lowest BCUT2D eigenvalue weighted by Crippen LogP contribution is -2.10. The minimum atomic E-state index is -0.559. The van der Waals surface area contributed by atoms with Crippen LogP contribution in [0.3, 0.4) is 0 Å². The van der Waals surface area contributed by atoms with Gasteiger partial charge in [-0.1, -0.05) is 24.9 Å². The van der Waals surface area contributed by atoms with Crippen LogP contribution in [0.1, 0.15) is 36.2 Å². The van der Waals surface area contributed by atoms with Gasteiger partial charge in [-0.25, -0.2) is 4.79 Å². The van der Waals surface area contributed by atoms with Crippen molar-refractivity contribution in [2.24, 2.45) is 0 Å². The summed E-state index contributed by atoms with van der Waals surface area (Å²) in [6.45, 7) is 3.78. The Kier molecular flexibility index (Phi) is 5.09. The lowest BCUT2D eigenvalue weighted by atomic mass is 10.0. The molecule has 0 atom stereocenters. The number of carbonyl (C=O) groups excluding carboxylic acids is 1. The van der Waals surface area contributed by atoms with Crippen LogP contribution in [0.2, 0.25) is 5.02 Å². The first-order valence-corrected chi connectivity index (χ1v) is 6.03. The minimum absolute atomic E-state index is 0.0384. The quantitative estimate of drug-likeness (QED) is 0.468. The van der Waals surface area contributed by atoms with Crippen LogP contribution in [0.5, 0.6) is 0 Å². The van der Waals surface area contributed by atoms with Crippen molar-refractivity contribution in [2.45, 2.75) is 26.7 Å². The van der Waals surface area contributed by atoms with E-state index in [-0.39, 0.29) is 22.9 Å². The summed E-state index contributed by atoms with van der Waals surface area (Å²) in [6, 6.07) is 2.82. The van der Waals surface area contributed by atoms with Crippen molar-refractivity contribution in [1.82, 2.24) is 0 Å². The monoisotopic (exact) mass is 271 g/mol. The molecule has 0 fully saturated rings. The van der Waals surface area contributed by atoms with Crippen LogP contribution in [-0.2, 0) is 11.2 Å². The first-order chi connectivity index (χ1) is 8.52. The standard InChI is InChI=1S/C12H14ClNO4/c1-3-5-8-9(12(15)18-4-2)6-7-10(13)11(8)14(16)17/h6-7H,3-5H2,1-2H3. The Morgan fingerprint density at radius 3 is 2.61 bits per heavy atom. The van der Waals surface area contributed by atoms with Crippen LogP contribution in [0.15, 0.2) is 12.1 Å². The molecule has 0 aliphatic rings. The molecule has 0 amide bonds. The maximum absolute atomic E-state index is 11.7. The van der Waals surface area contributed by atoms with E-state index in [0.29, 0.717) is 18.4 Å². The number of esters is 1. The average molecular weight is 272 g/mol. The van der Waals surface area contributed by atoms with E-state index in [9.17, 15) is 14.9 Å². The van der Waals surface area contributed by atoms with Crippen LogP contribution in [0.4, 0.5) is 5.69 Å². The molecule has 0 N–H and O–H groups in total. The van der Waals surface area contributed by atoms with Crippen LogP contribution in [-0.4, -0.2) is 17.5 Å². The second kappa shape index (κ2) is 6.35. The molecule has 0 unspecified atom stereocenters. The fourth-order valence-electron chi connectivity index (χ4n) is 1.71. The first-order valence-electron chi connectivity index (χ1n) is 5.65. The van der Waals surface area contributed by atoms with Crippen LogP contribution in [0.25, 0.3) is 0 Å². The zero-order valence-electron chi connectivity index (χ0n) is 10.2. The molecule has 0 aliphatic heterocycles. The van der Waals surface area contributed by atoms with Crippen molar-refractivity contribution in [2.75, 3.05) is 6.61 Å². The van der Waals surface area contributed by atoms with Crippen molar-refractivity contribution >= 4 is 23.3 Å². The predicted molar refractivity (Wildman–Crippen MR) is 68.1 cm³/mol. The number of hydrogen-bond donors (Lipinski definition) is 0. The average Bonchev–Trinajstić information content (AvgIpc) is 2.29. The largest absolute Gasteiger partial charge is 0.462 e. The zero-order chi connectivity index (χ0) is 13.7. The Labute approximate surface area is 110 Å². The molecule has 1 rings (SSSR count). The summed E-state index contributed by atoms with van der Waals surface area (Å²) in [5.41, 5.74) is 0.354. The zero-order valence-corrected chi connectivity index (χ0v) is 11.0. The fourth-order valence-corrected chi connectivity index (χ4v) is 1.95. The van der Waals surface area contributed by atoms with Gasteiger partial charge in [-0.15, -0.1) is 0 Å². The van der Waals surface area contributed by atoms with Crippen molar-refractivity contribution in [3.05, 3.63) is 38.4 Å². The Morgan fingerprint density at radius 2 is 2.11 bits per heavy atom. The maximum atomic E-state index is 11.7. The van der Waals surface area contributed by atoms with Crippen LogP contribution < -0.4 is 0 Å². The summed E-state index contributed by atoms with van der Waals surface area (Å²) in [6.07, 6.45) is 1.08. The van der Waals surface area contributed by atoms with Crippen molar-refractivity contribution < 1.29 is 14.5 Å². The molecule has 98 valence electrons. The van der Waals surface area contributed by atoms with Crippen molar-refractivity contribution in [3.8, 4) is 0 Å². The SMILES string of the molecule is CCCc1c(C(=O)OCC)ccc(Cl)c1[N+](=O)[O-]. The molecule has 1 aromatic rings. The van der Waals surface area contributed by atoms with E-state index >= 15 is 0 Å². The summed E-state index contributed by atoms with van der Waals surface area (Å²) in [7, 11) is 0. The van der Waals surface area contributed by atoms with Gasteiger partial charge in [-0.2, -0.15) is 0 Å². The molecule has 0 heterocycles. The minimum Gasteiger partial charge on any atom is -0.462 e. The smallest absolute Gasteiger partial charge is 0.338 e. The molecular formula is C12H14ClNO4. The Balaban J connectivity index is 3.38. The van der Waals surface area contributed by atoms with E-state index in [0.717, 1.165) is 0 Å². The second-order valence-corrected chi connectivity index (χ2v) is 4.06. The van der Waals surface area contributed by atoms with E-state index in [2.05, 4.69) is 0 Å². The summed E-state index contributed by atoms with van der Waals surface area (Å²) in [4.78, 5) is 22.2. The molecule has 5 nitrogen and oxygen atoms in total.